The Labute approximate surface area is 227 Å². The van der Waals surface area contributed by atoms with Gasteiger partial charge in [0.05, 0.1) is 28.7 Å². The number of hydrogen-bond donors (Lipinski definition) is 1. The zero-order valence-corrected chi connectivity index (χ0v) is 21.8. The van der Waals surface area contributed by atoms with Gasteiger partial charge in [0, 0.05) is 12.1 Å². The number of carbonyl (C=O) groups excluding carboxylic acids is 1. The molecule has 6 heteroatoms. The molecule has 1 aliphatic rings. The first-order chi connectivity index (χ1) is 19.1. The van der Waals surface area contributed by atoms with Crippen molar-refractivity contribution in [3.05, 3.63) is 131 Å². The van der Waals surface area contributed by atoms with Crippen LogP contribution < -0.4 is 10.9 Å². The lowest BCUT2D eigenvalue weighted by Crippen LogP contribution is -2.44. The van der Waals surface area contributed by atoms with E-state index >= 15 is 0 Å². The maximum atomic E-state index is 14.3. The fraction of sp³-hybridized carbons (Fsp3) is 0.182. The first kappa shape index (κ1) is 24.6. The number of fused-ring (bicyclic) bond motifs is 2. The van der Waals surface area contributed by atoms with Crippen LogP contribution in [0.3, 0.4) is 0 Å². The van der Waals surface area contributed by atoms with Crippen LogP contribution in [0.15, 0.2) is 114 Å². The van der Waals surface area contributed by atoms with Crippen molar-refractivity contribution in [2.24, 2.45) is 0 Å². The average Bonchev–Trinajstić information content (AvgIpc) is 2.99. The summed E-state index contributed by atoms with van der Waals surface area (Å²) in [5, 5.41) is 3.81. The molecule has 0 fully saturated rings. The number of nitrogens with one attached hydrogen (secondary N) is 1. The van der Waals surface area contributed by atoms with Crippen LogP contribution in [-0.2, 0) is 6.54 Å². The van der Waals surface area contributed by atoms with Crippen LogP contribution in [-0.4, -0.2) is 20.5 Å². The van der Waals surface area contributed by atoms with E-state index in [0.717, 1.165) is 35.2 Å². The Kier molecular flexibility index (Phi) is 6.68. The highest BCUT2D eigenvalue weighted by Crippen LogP contribution is 2.37. The normalized spacial score (nSPS) is 15.4. The Hall–Kier alpha value is -4.71. The molecule has 4 aromatic carbocycles. The number of rotatable bonds is 5. The number of amides is 2. The van der Waals surface area contributed by atoms with Gasteiger partial charge in [-0.05, 0) is 49.1 Å². The first-order valence-corrected chi connectivity index (χ1v) is 13.4. The molecule has 1 N–H and O–H groups in total. The van der Waals surface area contributed by atoms with Gasteiger partial charge in [0.1, 0.15) is 5.82 Å². The van der Waals surface area contributed by atoms with E-state index in [1.54, 1.807) is 4.57 Å². The Morgan fingerprint density at radius 3 is 2.36 bits per heavy atom. The fourth-order valence-electron chi connectivity index (χ4n) is 5.61. The van der Waals surface area contributed by atoms with Crippen LogP contribution in [0.4, 0.5) is 10.5 Å². The Morgan fingerprint density at radius 2 is 1.56 bits per heavy atom. The summed E-state index contributed by atoms with van der Waals surface area (Å²) in [6.07, 6.45) is 1.50. The Balaban J connectivity index is 1.45. The van der Waals surface area contributed by atoms with Gasteiger partial charge in [0.15, 0.2) is 0 Å². The highest BCUT2D eigenvalue weighted by atomic mass is 16.2. The zero-order chi connectivity index (χ0) is 26.8. The monoisotopic (exact) mass is 514 g/mol. The van der Waals surface area contributed by atoms with Crippen LogP contribution in [0.25, 0.3) is 22.0 Å². The van der Waals surface area contributed by atoms with Gasteiger partial charge in [-0.15, -0.1) is 0 Å². The number of anilines is 1. The summed E-state index contributed by atoms with van der Waals surface area (Å²) in [5.41, 5.74) is 4.33. The minimum Gasteiger partial charge on any atom is -0.308 e. The molecule has 2 amide bonds. The van der Waals surface area contributed by atoms with Gasteiger partial charge in [-0.25, -0.2) is 9.78 Å². The van der Waals surface area contributed by atoms with Crippen molar-refractivity contribution in [3.63, 3.8) is 0 Å². The van der Waals surface area contributed by atoms with Crippen LogP contribution in [0.1, 0.15) is 43.2 Å². The Morgan fingerprint density at radius 1 is 0.897 bits per heavy atom. The largest absolute Gasteiger partial charge is 0.322 e. The van der Waals surface area contributed by atoms with Gasteiger partial charge in [0.2, 0.25) is 0 Å². The van der Waals surface area contributed by atoms with E-state index in [4.69, 9.17) is 4.98 Å². The number of carbonyl (C=O) groups is 1. The van der Waals surface area contributed by atoms with Crippen molar-refractivity contribution in [2.45, 2.75) is 38.4 Å². The number of para-hydroxylation sites is 2. The van der Waals surface area contributed by atoms with Gasteiger partial charge in [-0.3, -0.25) is 9.36 Å². The third-order valence-corrected chi connectivity index (χ3v) is 7.57. The molecule has 6 rings (SSSR count). The van der Waals surface area contributed by atoms with Gasteiger partial charge >= 0.3 is 6.03 Å². The van der Waals surface area contributed by atoms with Crippen molar-refractivity contribution in [1.82, 2.24) is 14.5 Å². The molecular formula is C33H30N4O2. The zero-order valence-electron chi connectivity index (χ0n) is 21.8. The second-order valence-electron chi connectivity index (χ2n) is 9.94. The van der Waals surface area contributed by atoms with Crippen LogP contribution in [0.5, 0.6) is 0 Å². The molecule has 0 saturated carbocycles. The van der Waals surface area contributed by atoms with Crippen molar-refractivity contribution >= 4 is 22.6 Å². The molecule has 1 aromatic heterocycles. The third kappa shape index (κ3) is 4.70. The standard InChI is InChI=1S/C33H30N4O2/c1-23(24-13-4-2-5-14-24)37(33(39)35-28-19-10-8-17-26(28)25-15-6-3-7-16-25)30-21-12-22-36-31(30)34-29-20-11-9-18-27(29)32(36)38/h2-11,13-20,23,30H,12,21-22H2,1H3,(H,35,39). The van der Waals surface area contributed by atoms with Crippen LogP contribution >= 0.6 is 0 Å². The molecule has 2 heterocycles. The predicted molar refractivity (Wildman–Crippen MR) is 156 cm³/mol. The van der Waals surface area contributed by atoms with Gasteiger partial charge in [-0.2, -0.15) is 0 Å². The number of aromatic nitrogens is 2. The summed E-state index contributed by atoms with van der Waals surface area (Å²) in [4.78, 5) is 34.5. The average molecular weight is 515 g/mol. The molecule has 39 heavy (non-hydrogen) atoms. The second-order valence-corrected chi connectivity index (χ2v) is 9.94. The molecule has 0 spiro atoms. The molecule has 0 aliphatic carbocycles. The summed E-state index contributed by atoms with van der Waals surface area (Å²) in [7, 11) is 0. The lowest BCUT2D eigenvalue weighted by molar-refractivity contribution is 0.140. The van der Waals surface area contributed by atoms with E-state index in [1.807, 2.05) is 121 Å². The van der Waals surface area contributed by atoms with Crippen molar-refractivity contribution < 1.29 is 4.79 Å². The van der Waals surface area contributed by atoms with Crippen LogP contribution in [0, 0.1) is 0 Å². The molecule has 0 bridgehead atoms. The van der Waals surface area contributed by atoms with Gasteiger partial charge in [0.25, 0.3) is 5.56 Å². The molecule has 5 aromatic rings. The number of benzene rings is 4. The van der Waals surface area contributed by atoms with Crippen molar-refractivity contribution in [3.8, 4) is 11.1 Å². The van der Waals surface area contributed by atoms with Gasteiger partial charge < -0.3 is 10.2 Å². The number of nitrogens with zero attached hydrogens (tertiary/aromatic N) is 3. The summed E-state index contributed by atoms with van der Waals surface area (Å²) >= 11 is 0. The van der Waals surface area contributed by atoms with Crippen LogP contribution in [0.2, 0.25) is 0 Å². The van der Waals surface area contributed by atoms with E-state index in [-0.39, 0.29) is 23.7 Å². The second kappa shape index (κ2) is 10.6. The summed E-state index contributed by atoms with van der Waals surface area (Å²) in [6, 6.07) is 34.5. The summed E-state index contributed by atoms with van der Waals surface area (Å²) < 4.78 is 1.76. The first-order valence-electron chi connectivity index (χ1n) is 13.4. The molecule has 6 nitrogen and oxygen atoms in total. The fourth-order valence-corrected chi connectivity index (χ4v) is 5.61. The molecule has 2 unspecified atom stereocenters. The molecule has 194 valence electrons. The highest BCUT2D eigenvalue weighted by molar-refractivity contribution is 5.95. The molecule has 2 atom stereocenters. The SMILES string of the molecule is CC(c1ccccc1)N(C(=O)Nc1ccccc1-c1ccccc1)C1CCCn2c1nc1ccccc1c2=O. The van der Waals surface area contributed by atoms with Crippen molar-refractivity contribution in [1.29, 1.82) is 0 Å². The lowest BCUT2D eigenvalue weighted by atomic mass is 9.99. The molecular weight excluding hydrogens is 484 g/mol. The Bertz CT molecular complexity index is 1680. The maximum absolute atomic E-state index is 14.3. The van der Waals surface area contributed by atoms with E-state index < -0.39 is 0 Å². The lowest BCUT2D eigenvalue weighted by Gasteiger charge is -2.39. The van der Waals surface area contributed by atoms with Crippen molar-refractivity contribution in [2.75, 3.05) is 5.32 Å². The molecule has 1 aliphatic heterocycles. The highest BCUT2D eigenvalue weighted by Gasteiger charge is 2.35. The maximum Gasteiger partial charge on any atom is 0.322 e. The number of hydrogen-bond acceptors (Lipinski definition) is 3. The van der Waals surface area contributed by atoms with E-state index in [2.05, 4.69) is 5.32 Å². The molecule has 0 radical (unpaired) electrons. The molecule has 0 saturated heterocycles. The van der Waals surface area contributed by atoms with E-state index in [9.17, 15) is 9.59 Å². The minimum absolute atomic E-state index is 0.0533. The summed E-state index contributed by atoms with van der Waals surface area (Å²) in [5.74, 6) is 0.638. The predicted octanol–water partition coefficient (Wildman–Crippen LogP) is 7.19. The number of urea groups is 1. The quantitative estimate of drug-likeness (QED) is 0.270. The van der Waals surface area contributed by atoms with E-state index in [0.29, 0.717) is 23.3 Å². The van der Waals surface area contributed by atoms with E-state index in [1.165, 1.54) is 0 Å². The third-order valence-electron chi connectivity index (χ3n) is 7.57. The topological polar surface area (TPSA) is 67.2 Å². The van der Waals surface area contributed by atoms with Gasteiger partial charge in [-0.1, -0.05) is 91.0 Å². The smallest absolute Gasteiger partial charge is 0.308 e. The minimum atomic E-state index is -0.366. The summed E-state index contributed by atoms with van der Waals surface area (Å²) in [6.45, 7) is 2.63.